The van der Waals surface area contributed by atoms with Gasteiger partial charge in [-0.05, 0) is 37.5 Å². The summed E-state index contributed by atoms with van der Waals surface area (Å²) in [5.74, 6) is 2.51. The molecule has 1 fully saturated rings. The van der Waals surface area contributed by atoms with Gasteiger partial charge in [0.05, 0.1) is 31.5 Å². The summed E-state index contributed by atoms with van der Waals surface area (Å²) in [5.41, 5.74) is 2.23. The lowest BCUT2D eigenvalue weighted by Crippen LogP contribution is -2.44. The minimum absolute atomic E-state index is 0.372. The zero-order valence-electron chi connectivity index (χ0n) is 18.4. The van der Waals surface area contributed by atoms with Gasteiger partial charge >= 0.3 is 0 Å². The zero-order valence-corrected chi connectivity index (χ0v) is 19.2. The Morgan fingerprint density at radius 2 is 2.00 bits per heavy atom. The molecule has 0 radical (unpaired) electrons. The van der Waals surface area contributed by atoms with E-state index in [9.17, 15) is 0 Å². The molecule has 0 bridgehead atoms. The molecule has 1 unspecified atom stereocenters. The molecule has 2 heterocycles. The van der Waals surface area contributed by atoms with Gasteiger partial charge in [-0.15, -0.1) is 11.3 Å². The van der Waals surface area contributed by atoms with Crippen LogP contribution >= 0.6 is 11.3 Å². The van der Waals surface area contributed by atoms with Gasteiger partial charge < -0.3 is 20.1 Å². The van der Waals surface area contributed by atoms with Crippen molar-refractivity contribution in [3.05, 3.63) is 39.8 Å². The number of hydrogen-bond acceptors (Lipinski definition) is 6. The van der Waals surface area contributed by atoms with Crippen molar-refractivity contribution in [2.75, 3.05) is 33.9 Å². The third-order valence-electron chi connectivity index (χ3n) is 5.08. The van der Waals surface area contributed by atoms with E-state index in [1.807, 2.05) is 6.07 Å². The first-order valence-electron chi connectivity index (χ1n) is 10.6. The number of ether oxygens (including phenoxy) is 2. The Morgan fingerprint density at radius 1 is 1.23 bits per heavy atom. The van der Waals surface area contributed by atoms with Gasteiger partial charge in [0.2, 0.25) is 0 Å². The number of thiazole rings is 1. The molecule has 7 nitrogen and oxygen atoms in total. The van der Waals surface area contributed by atoms with Gasteiger partial charge in [0.15, 0.2) is 5.96 Å². The molecule has 1 saturated heterocycles. The minimum atomic E-state index is 0.372. The van der Waals surface area contributed by atoms with E-state index >= 15 is 0 Å². The molecule has 0 spiro atoms. The van der Waals surface area contributed by atoms with Crippen LogP contribution < -0.4 is 20.1 Å². The highest BCUT2D eigenvalue weighted by atomic mass is 32.1. The number of benzene rings is 1. The average Bonchev–Trinajstić information content (AvgIpc) is 3.41. The topological polar surface area (TPSA) is 71.0 Å². The lowest BCUT2D eigenvalue weighted by Gasteiger charge is -2.19. The van der Waals surface area contributed by atoms with Gasteiger partial charge in [0, 0.05) is 43.7 Å². The molecule has 1 aliphatic heterocycles. The van der Waals surface area contributed by atoms with Gasteiger partial charge in [-0.3, -0.25) is 4.90 Å². The third-order valence-corrected chi connectivity index (χ3v) is 6.12. The van der Waals surface area contributed by atoms with Crippen molar-refractivity contribution in [3.63, 3.8) is 0 Å². The standard InChI is InChI=1S/C22H33N5O2S/c1-5-21-25-18(15-30-21)12-24-22(23-6-2)26-17-7-8-27(14-17)13-16-9-19(28-3)11-20(10-16)29-4/h9-11,15,17H,5-8,12-14H2,1-4H3,(H2,23,24,26). The van der Waals surface area contributed by atoms with E-state index in [1.165, 1.54) is 10.6 Å². The van der Waals surface area contributed by atoms with E-state index in [0.717, 1.165) is 62.2 Å². The number of rotatable bonds is 9. The van der Waals surface area contributed by atoms with Gasteiger partial charge in [-0.1, -0.05) is 6.92 Å². The number of methoxy groups -OCH3 is 2. The molecule has 30 heavy (non-hydrogen) atoms. The number of nitrogens with zero attached hydrogens (tertiary/aromatic N) is 3. The molecule has 1 atom stereocenters. The lowest BCUT2D eigenvalue weighted by atomic mass is 10.2. The van der Waals surface area contributed by atoms with E-state index in [4.69, 9.17) is 14.5 Å². The first kappa shape index (κ1) is 22.4. The zero-order chi connectivity index (χ0) is 21.3. The van der Waals surface area contributed by atoms with E-state index < -0.39 is 0 Å². The number of aromatic nitrogens is 1. The average molecular weight is 432 g/mol. The Morgan fingerprint density at radius 3 is 2.63 bits per heavy atom. The van der Waals surface area contributed by atoms with E-state index in [2.05, 4.69) is 51.9 Å². The van der Waals surface area contributed by atoms with Gasteiger partial charge in [0.25, 0.3) is 0 Å². The smallest absolute Gasteiger partial charge is 0.191 e. The summed E-state index contributed by atoms with van der Waals surface area (Å²) in [6.45, 7) is 8.55. The Kier molecular flexibility index (Phi) is 8.33. The van der Waals surface area contributed by atoms with Crippen molar-refractivity contribution in [2.24, 2.45) is 4.99 Å². The van der Waals surface area contributed by atoms with Crippen LogP contribution in [0.4, 0.5) is 0 Å². The number of aliphatic imine (C=N–C) groups is 1. The predicted molar refractivity (Wildman–Crippen MR) is 123 cm³/mol. The van der Waals surface area contributed by atoms with Crippen molar-refractivity contribution in [2.45, 2.75) is 45.8 Å². The first-order chi connectivity index (χ1) is 14.6. The van der Waals surface area contributed by atoms with Crippen molar-refractivity contribution >= 4 is 17.3 Å². The molecular weight excluding hydrogens is 398 g/mol. The minimum Gasteiger partial charge on any atom is -0.497 e. The van der Waals surface area contributed by atoms with Gasteiger partial charge in [-0.2, -0.15) is 0 Å². The molecule has 1 aromatic carbocycles. The maximum atomic E-state index is 5.40. The van der Waals surface area contributed by atoms with Crippen molar-refractivity contribution in [3.8, 4) is 11.5 Å². The van der Waals surface area contributed by atoms with Gasteiger partial charge in [-0.25, -0.2) is 9.98 Å². The molecule has 0 saturated carbocycles. The SMILES string of the molecule is CCNC(=NCc1csc(CC)n1)NC1CCN(Cc2cc(OC)cc(OC)c2)C1. The second-order valence-corrected chi connectivity index (χ2v) is 8.31. The molecule has 0 aliphatic carbocycles. The molecule has 8 heteroatoms. The number of likely N-dealkylation sites (tertiary alicyclic amines) is 1. The summed E-state index contributed by atoms with van der Waals surface area (Å²) in [4.78, 5) is 11.8. The van der Waals surface area contributed by atoms with Crippen molar-refractivity contribution in [1.82, 2.24) is 20.5 Å². The Balaban J connectivity index is 1.56. The molecule has 0 amide bonds. The van der Waals surface area contributed by atoms with Crippen LogP contribution in [0.25, 0.3) is 0 Å². The highest BCUT2D eigenvalue weighted by molar-refractivity contribution is 7.09. The maximum absolute atomic E-state index is 5.40. The van der Waals surface area contributed by atoms with Crippen molar-refractivity contribution in [1.29, 1.82) is 0 Å². The maximum Gasteiger partial charge on any atom is 0.191 e. The second kappa shape index (κ2) is 11.2. The summed E-state index contributed by atoms with van der Waals surface area (Å²) in [7, 11) is 3.37. The summed E-state index contributed by atoms with van der Waals surface area (Å²) in [6.07, 6.45) is 2.06. The van der Waals surface area contributed by atoms with Gasteiger partial charge in [0.1, 0.15) is 11.5 Å². The number of nitrogens with one attached hydrogen (secondary N) is 2. The summed E-state index contributed by atoms with van der Waals surface area (Å²) in [6, 6.07) is 6.43. The van der Waals surface area contributed by atoms with Crippen molar-refractivity contribution < 1.29 is 9.47 Å². The Bertz CT molecular complexity index is 816. The predicted octanol–water partition coefficient (Wildman–Crippen LogP) is 3.05. The van der Waals surface area contributed by atoms with Crippen LogP contribution in [-0.2, 0) is 19.5 Å². The van der Waals surface area contributed by atoms with Crippen LogP contribution in [0.5, 0.6) is 11.5 Å². The van der Waals surface area contributed by atoms with Crippen LogP contribution in [-0.4, -0.2) is 55.7 Å². The fraction of sp³-hybridized carbons (Fsp3) is 0.545. The summed E-state index contributed by atoms with van der Waals surface area (Å²) >= 11 is 1.71. The number of hydrogen-bond donors (Lipinski definition) is 2. The molecule has 2 N–H and O–H groups in total. The van der Waals surface area contributed by atoms with Crippen LogP contribution in [0, 0.1) is 0 Å². The number of guanidine groups is 1. The Hall–Kier alpha value is -2.32. The molecule has 164 valence electrons. The van der Waals surface area contributed by atoms with E-state index in [-0.39, 0.29) is 0 Å². The quantitative estimate of drug-likeness (QED) is 0.470. The lowest BCUT2D eigenvalue weighted by molar-refractivity contribution is 0.321. The van der Waals surface area contributed by atoms with Crippen LogP contribution in [0.2, 0.25) is 0 Å². The fourth-order valence-electron chi connectivity index (χ4n) is 3.57. The van der Waals surface area contributed by atoms with Crippen LogP contribution in [0.15, 0.2) is 28.6 Å². The molecule has 2 aromatic rings. The molecule has 3 rings (SSSR count). The summed E-state index contributed by atoms with van der Waals surface area (Å²) in [5, 5.41) is 10.2. The molecule has 1 aliphatic rings. The highest BCUT2D eigenvalue weighted by Gasteiger charge is 2.23. The van der Waals surface area contributed by atoms with Crippen LogP contribution in [0.3, 0.4) is 0 Å². The fourth-order valence-corrected chi connectivity index (χ4v) is 4.30. The first-order valence-corrected chi connectivity index (χ1v) is 11.4. The normalized spacial score (nSPS) is 17.2. The van der Waals surface area contributed by atoms with Crippen LogP contribution in [0.1, 0.15) is 36.5 Å². The third kappa shape index (κ3) is 6.34. The molecule has 1 aromatic heterocycles. The summed E-state index contributed by atoms with van der Waals surface area (Å²) < 4.78 is 10.8. The Labute approximate surface area is 183 Å². The monoisotopic (exact) mass is 431 g/mol. The highest BCUT2D eigenvalue weighted by Crippen LogP contribution is 2.24. The van der Waals surface area contributed by atoms with E-state index in [0.29, 0.717) is 12.6 Å². The largest absolute Gasteiger partial charge is 0.497 e. The van der Waals surface area contributed by atoms with E-state index in [1.54, 1.807) is 25.6 Å². The second-order valence-electron chi connectivity index (χ2n) is 7.37. The number of aryl methyl sites for hydroxylation is 1. The molecular formula is C22H33N5O2S.